The van der Waals surface area contributed by atoms with Gasteiger partial charge in [-0.2, -0.15) is 0 Å². The van der Waals surface area contributed by atoms with E-state index in [1.165, 1.54) is 24.1 Å². The summed E-state index contributed by atoms with van der Waals surface area (Å²) in [6.45, 7) is 7.28. The summed E-state index contributed by atoms with van der Waals surface area (Å²) < 4.78 is 34.0. The van der Waals surface area contributed by atoms with E-state index in [1.807, 2.05) is 58.0 Å². The summed E-state index contributed by atoms with van der Waals surface area (Å²) in [5.74, 6) is -0.225. The highest BCUT2D eigenvalue weighted by molar-refractivity contribution is 7.92. The zero-order chi connectivity index (χ0) is 29.3. The molecule has 0 aliphatic heterocycles. The van der Waals surface area contributed by atoms with Crippen molar-refractivity contribution in [1.82, 2.24) is 10.2 Å². The van der Waals surface area contributed by atoms with Gasteiger partial charge in [0.2, 0.25) is 11.8 Å². The summed E-state index contributed by atoms with van der Waals surface area (Å²) in [5.41, 5.74) is 0.867. The number of amides is 2. The number of anilines is 1. The van der Waals surface area contributed by atoms with E-state index in [1.54, 1.807) is 42.5 Å². The highest BCUT2D eigenvalue weighted by Gasteiger charge is 2.34. The van der Waals surface area contributed by atoms with Crippen LogP contribution in [0.15, 0.2) is 89.8 Å². The summed E-state index contributed by atoms with van der Waals surface area (Å²) in [5, 5.41) is 2.98. The Morgan fingerprint density at radius 2 is 1.48 bits per heavy atom. The van der Waals surface area contributed by atoms with Crippen LogP contribution in [0.25, 0.3) is 0 Å². The molecule has 0 heterocycles. The number of sulfonamides is 1. The van der Waals surface area contributed by atoms with E-state index < -0.39 is 34.1 Å². The maximum atomic E-state index is 14.0. The molecule has 0 aliphatic carbocycles. The minimum atomic E-state index is -4.13. The van der Waals surface area contributed by atoms with Crippen LogP contribution in [0.4, 0.5) is 5.69 Å². The van der Waals surface area contributed by atoms with Crippen LogP contribution in [-0.4, -0.2) is 56.9 Å². The molecule has 0 unspecified atom stereocenters. The van der Waals surface area contributed by atoms with Gasteiger partial charge in [0.05, 0.1) is 17.7 Å². The Balaban J connectivity index is 1.99. The summed E-state index contributed by atoms with van der Waals surface area (Å²) in [6, 6.07) is 23.4. The van der Waals surface area contributed by atoms with Crippen LogP contribution in [0.3, 0.4) is 0 Å². The number of hydrogen-bond acceptors (Lipinski definition) is 5. The number of carbonyl (C=O) groups excluding carboxylic acids is 2. The van der Waals surface area contributed by atoms with Crippen LogP contribution in [0.5, 0.6) is 5.75 Å². The molecule has 1 atom stereocenters. The molecular formula is C31H39N3O5S. The molecule has 2 amide bonds. The fraction of sp³-hybridized carbons (Fsp3) is 0.355. The second kappa shape index (κ2) is 13.5. The lowest BCUT2D eigenvalue weighted by atomic mass is 10.1. The van der Waals surface area contributed by atoms with Gasteiger partial charge in [0.1, 0.15) is 18.3 Å². The van der Waals surface area contributed by atoms with Crippen LogP contribution < -0.4 is 14.4 Å². The Morgan fingerprint density at radius 1 is 0.900 bits per heavy atom. The Labute approximate surface area is 238 Å². The van der Waals surface area contributed by atoms with Gasteiger partial charge in [-0.05, 0) is 75.6 Å². The molecule has 0 saturated carbocycles. The molecule has 9 heteroatoms. The summed E-state index contributed by atoms with van der Waals surface area (Å²) in [4.78, 5) is 28.9. The Hall–Kier alpha value is -3.85. The number of nitrogens with one attached hydrogen (secondary N) is 1. The van der Waals surface area contributed by atoms with Crippen LogP contribution >= 0.6 is 0 Å². The van der Waals surface area contributed by atoms with E-state index in [0.717, 1.165) is 9.87 Å². The fourth-order valence-electron chi connectivity index (χ4n) is 4.35. The lowest BCUT2D eigenvalue weighted by Crippen LogP contribution is -2.56. The molecule has 3 rings (SSSR count). The lowest BCUT2D eigenvalue weighted by Gasteiger charge is -2.34. The largest absolute Gasteiger partial charge is 0.497 e. The quantitative estimate of drug-likeness (QED) is 0.345. The average molecular weight is 566 g/mol. The number of rotatable bonds is 12. The molecule has 1 N–H and O–H groups in total. The summed E-state index contributed by atoms with van der Waals surface area (Å²) in [7, 11) is -2.62. The maximum absolute atomic E-state index is 14.0. The topological polar surface area (TPSA) is 96.0 Å². The maximum Gasteiger partial charge on any atom is 0.264 e. The van der Waals surface area contributed by atoms with Gasteiger partial charge in [-0.25, -0.2) is 8.42 Å². The van der Waals surface area contributed by atoms with E-state index in [9.17, 15) is 18.0 Å². The third-order valence-electron chi connectivity index (χ3n) is 6.34. The van der Waals surface area contributed by atoms with Gasteiger partial charge < -0.3 is 15.0 Å². The van der Waals surface area contributed by atoms with Gasteiger partial charge in [-0.3, -0.25) is 13.9 Å². The van der Waals surface area contributed by atoms with E-state index in [2.05, 4.69) is 5.32 Å². The van der Waals surface area contributed by atoms with Gasteiger partial charge in [0.25, 0.3) is 10.0 Å². The number of nitrogens with zero attached hydrogens (tertiary/aromatic N) is 2. The fourth-order valence-corrected chi connectivity index (χ4v) is 5.76. The first-order valence-electron chi connectivity index (χ1n) is 13.3. The van der Waals surface area contributed by atoms with Crippen molar-refractivity contribution in [2.75, 3.05) is 24.5 Å². The van der Waals surface area contributed by atoms with Gasteiger partial charge in [0, 0.05) is 12.1 Å². The number of methoxy groups -OCH3 is 1. The van der Waals surface area contributed by atoms with E-state index in [0.29, 0.717) is 24.3 Å². The van der Waals surface area contributed by atoms with E-state index in [4.69, 9.17) is 4.74 Å². The predicted octanol–water partition coefficient (Wildman–Crippen LogP) is 4.66. The zero-order valence-corrected chi connectivity index (χ0v) is 24.6. The van der Waals surface area contributed by atoms with Gasteiger partial charge in [-0.15, -0.1) is 0 Å². The third kappa shape index (κ3) is 8.08. The van der Waals surface area contributed by atoms with Crippen LogP contribution in [-0.2, 0) is 26.0 Å². The van der Waals surface area contributed by atoms with Gasteiger partial charge >= 0.3 is 0 Å². The lowest BCUT2D eigenvalue weighted by molar-refractivity contribution is -0.140. The highest BCUT2D eigenvalue weighted by Crippen LogP contribution is 2.25. The molecule has 0 spiro atoms. The predicted molar refractivity (Wildman–Crippen MR) is 158 cm³/mol. The minimum absolute atomic E-state index is 0.0262. The van der Waals surface area contributed by atoms with Crippen molar-refractivity contribution in [2.45, 2.75) is 57.0 Å². The summed E-state index contributed by atoms with van der Waals surface area (Å²) in [6.07, 6.45) is 0.890. The SMILES string of the molecule is CC[C@@H](C(=O)NC(C)(C)C)N(CCc1ccccc1)C(=O)CN(c1ccccc1)S(=O)(=O)c1ccc(OC)cc1. The van der Waals surface area contributed by atoms with Crippen LogP contribution in [0, 0.1) is 0 Å². The van der Waals surface area contributed by atoms with Crippen molar-refractivity contribution < 1.29 is 22.7 Å². The number of ether oxygens (including phenoxy) is 1. The average Bonchev–Trinajstić information content (AvgIpc) is 2.93. The Kier molecular flexibility index (Phi) is 10.3. The van der Waals surface area contributed by atoms with Crippen LogP contribution in [0.1, 0.15) is 39.7 Å². The molecule has 0 aromatic heterocycles. The second-order valence-electron chi connectivity index (χ2n) is 10.5. The molecule has 214 valence electrons. The van der Waals surface area contributed by atoms with Crippen LogP contribution in [0.2, 0.25) is 0 Å². The first-order chi connectivity index (χ1) is 19.0. The molecule has 0 saturated heterocycles. The molecule has 0 fully saturated rings. The van der Waals surface area contributed by atoms with E-state index in [-0.39, 0.29) is 17.3 Å². The van der Waals surface area contributed by atoms with Crippen molar-refractivity contribution in [2.24, 2.45) is 0 Å². The first kappa shape index (κ1) is 30.7. The third-order valence-corrected chi connectivity index (χ3v) is 8.13. The van der Waals surface area contributed by atoms with Crippen molar-refractivity contribution in [3.8, 4) is 5.75 Å². The monoisotopic (exact) mass is 565 g/mol. The van der Waals surface area contributed by atoms with Crippen molar-refractivity contribution >= 4 is 27.5 Å². The van der Waals surface area contributed by atoms with Gasteiger partial charge in [0.15, 0.2) is 0 Å². The smallest absolute Gasteiger partial charge is 0.264 e. The Bertz CT molecular complexity index is 1360. The molecular weight excluding hydrogens is 526 g/mol. The standard InChI is InChI=1S/C31H39N3O5S/c1-6-28(30(36)32-31(2,3)4)33(22-21-24-13-9-7-10-14-24)29(35)23-34(25-15-11-8-12-16-25)40(37,38)27-19-17-26(39-5)18-20-27/h7-20,28H,6,21-23H2,1-5H3,(H,32,36)/t28-/m0/s1. The molecule has 3 aromatic carbocycles. The van der Waals surface area contributed by atoms with Gasteiger partial charge in [-0.1, -0.05) is 55.5 Å². The molecule has 0 radical (unpaired) electrons. The Morgan fingerprint density at radius 3 is 2.00 bits per heavy atom. The summed E-state index contributed by atoms with van der Waals surface area (Å²) >= 11 is 0. The number of hydrogen-bond donors (Lipinski definition) is 1. The number of carbonyl (C=O) groups is 2. The molecule has 40 heavy (non-hydrogen) atoms. The van der Waals surface area contributed by atoms with E-state index >= 15 is 0 Å². The van der Waals surface area contributed by atoms with Crippen molar-refractivity contribution in [1.29, 1.82) is 0 Å². The molecule has 0 aliphatic rings. The molecule has 0 bridgehead atoms. The minimum Gasteiger partial charge on any atom is -0.497 e. The zero-order valence-electron chi connectivity index (χ0n) is 23.8. The number of para-hydroxylation sites is 1. The second-order valence-corrected chi connectivity index (χ2v) is 12.4. The highest BCUT2D eigenvalue weighted by atomic mass is 32.2. The molecule has 3 aromatic rings. The van der Waals surface area contributed by atoms with Crippen molar-refractivity contribution in [3.05, 3.63) is 90.5 Å². The molecule has 8 nitrogen and oxygen atoms in total. The normalized spacial score (nSPS) is 12.3. The van der Waals surface area contributed by atoms with Crippen molar-refractivity contribution in [3.63, 3.8) is 0 Å². The first-order valence-corrected chi connectivity index (χ1v) is 14.8. The number of benzene rings is 3.